The number of amides is 2. The van der Waals surface area contributed by atoms with Gasteiger partial charge in [-0.05, 0) is 61.9 Å². The molecule has 0 spiro atoms. The quantitative estimate of drug-likeness (QED) is 0.164. The molecule has 1 unspecified atom stereocenters. The van der Waals surface area contributed by atoms with Gasteiger partial charge in [0.2, 0.25) is 11.8 Å². The molecule has 4 aromatic carbocycles. The van der Waals surface area contributed by atoms with Crippen LogP contribution < -0.4 is 9.62 Å². The summed E-state index contributed by atoms with van der Waals surface area (Å²) < 4.78 is 29.1. The summed E-state index contributed by atoms with van der Waals surface area (Å²) in [6, 6.07) is 24.8. The summed E-state index contributed by atoms with van der Waals surface area (Å²) in [5.41, 5.74) is 1.20. The van der Waals surface area contributed by atoms with Crippen molar-refractivity contribution in [1.82, 2.24) is 10.2 Å². The first-order chi connectivity index (χ1) is 21.4. The lowest BCUT2D eigenvalue weighted by Gasteiger charge is -2.34. The standard InChI is InChI=1S/C33H31Cl4N3O4S/c1-22(2)38-33(42)31(18-23-10-5-3-6-11-23)39(20-26-27(35)14-9-15-28(26)36)32(41)21-40(30-19-24(34)16-17-29(30)37)45(43,44)25-12-7-4-8-13-25/h3-17,19,22,31H,18,20-21H2,1-2H3,(H,38,42). The molecule has 0 aromatic heterocycles. The van der Waals surface area contributed by atoms with Crippen molar-refractivity contribution in [2.24, 2.45) is 0 Å². The number of hydrogen-bond acceptors (Lipinski definition) is 4. The van der Waals surface area contributed by atoms with Gasteiger partial charge >= 0.3 is 0 Å². The topological polar surface area (TPSA) is 86.8 Å². The normalized spacial score (nSPS) is 12.1. The number of rotatable bonds is 12. The molecule has 0 saturated heterocycles. The molecule has 2 amide bonds. The number of nitrogens with one attached hydrogen (secondary N) is 1. The molecule has 0 aliphatic rings. The Hall–Kier alpha value is -3.27. The van der Waals surface area contributed by atoms with Crippen molar-refractivity contribution in [2.45, 2.75) is 43.8 Å². The third kappa shape index (κ3) is 8.71. The number of benzene rings is 4. The van der Waals surface area contributed by atoms with Gasteiger partial charge < -0.3 is 10.2 Å². The number of carbonyl (C=O) groups excluding carboxylic acids is 2. The van der Waals surface area contributed by atoms with E-state index in [0.717, 1.165) is 9.87 Å². The first-order valence-corrected chi connectivity index (χ1v) is 16.9. The van der Waals surface area contributed by atoms with Crippen molar-refractivity contribution in [1.29, 1.82) is 0 Å². The summed E-state index contributed by atoms with van der Waals surface area (Å²) in [5, 5.41) is 3.75. The number of anilines is 1. The van der Waals surface area contributed by atoms with E-state index in [9.17, 15) is 18.0 Å². The molecule has 1 atom stereocenters. The molecule has 0 aliphatic carbocycles. The summed E-state index contributed by atoms with van der Waals surface area (Å²) >= 11 is 25.9. The van der Waals surface area contributed by atoms with E-state index in [1.54, 1.807) is 36.4 Å². The molecule has 12 heteroatoms. The Morgan fingerprint density at radius 3 is 1.98 bits per heavy atom. The van der Waals surface area contributed by atoms with Crippen molar-refractivity contribution in [2.75, 3.05) is 10.8 Å². The van der Waals surface area contributed by atoms with E-state index in [1.165, 1.54) is 35.2 Å². The molecule has 0 heterocycles. The molecular formula is C33H31Cl4N3O4S. The molecule has 1 N–H and O–H groups in total. The van der Waals surface area contributed by atoms with Gasteiger partial charge in [-0.1, -0.05) is 101 Å². The van der Waals surface area contributed by atoms with Crippen LogP contribution in [0.15, 0.2) is 102 Å². The molecular weight excluding hydrogens is 676 g/mol. The molecule has 7 nitrogen and oxygen atoms in total. The second-order valence-electron chi connectivity index (χ2n) is 10.5. The van der Waals surface area contributed by atoms with E-state index < -0.39 is 34.4 Å². The minimum Gasteiger partial charge on any atom is -0.352 e. The number of nitrogens with zero attached hydrogens (tertiary/aromatic N) is 2. The summed E-state index contributed by atoms with van der Waals surface area (Å²) in [6.45, 7) is 2.73. The zero-order valence-electron chi connectivity index (χ0n) is 24.5. The lowest BCUT2D eigenvalue weighted by Crippen LogP contribution is -2.54. The largest absolute Gasteiger partial charge is 0.352 e. The number of carbonyl (C=O) groups is 2. The Bertz CT molecular complexity index is 1740. The molecule has 0 saturated carbocycles. The van der Waals surface area contributed by atoms with E-state index in [-0.39, 0.29) is 49.7 Å². The highest BCUT2D eigenvalue weighted by Gasteiger charge is 2.36. The van der Waals surface area contributed by atoms with Crippen LogP contribution in [-0.2, 0) is 32.6 Å². The third-order valence-corrected chi connectivity index (χ3v) is 9.92. The highest BCUT2D eigenvalue weighted by molar-refractivity contribution is 7.92. The van der Waals surface area contributed by atoms with Crippen LogP contribution in [0.2, 0.25) is 20.1 Å². The molecule has 0 bridgehead atoms. The van der Waals surface area contributed by atoms with E-state index in [0.29, 0.717) is 5.56 Å². The van der Waals surface area contributed by atoms with Crippen LogP contribution in [0.5, 0.6) is 0 Å². The minimum atomic E-state index is -4.34. The highest BCUT2D eigenvalue weighted by atomic mass is 35.5. The summed E-state index contributed by atoms with van der Waals surface area (Å²) in [6.07, 6.45) is 0.135. The van der Waals surface area contributed by atoms with Crippen LogP contribution in [0.4, 0.5) is 5.69 Å². The fraction of sp³-hybridized carbons (Fsp3) is 0.212. The van der Waals surface area contributed by atoms with Gasteiger partial charge in [0.25, 0.3) is 10.0 Å². The number of sulfonamides is 1. The maximum Gasteiger partial charge on any atom is 0.264 e. The molecule has 4 rings (SSSR count). The maximum absolute atomic E-state index is 14.5. The van der Waals surface area contributed by atoms with Crippen LogP contribution in [0, 0.1) is 0 Å². The van der Waals surface area contributed by atoms with Crippen LogP contribution in [0.25, 0.3) is 0 Å². The highest BCUT2D eigenvalue weighted by Crippen LogP contribution is 2.34. The fourth-order valence-electron chi connectivity index (χ4n) is 4.70. The van der Waals surface area contributed by atoms with Crippen molar-refractivity contribution < 1.29 is 18.0 Å². The van der Waals surface area contributed by atoms with Crippen molar-refractivity contribution in [3.63, 3.8) is 0 Å². The SMILES string of the molecule is CC(C)NC(=O)C(Cc1ccccc1)N(Cc1c(Cl)cccc1Cl)C(=O)CN(c1cc(Cl)ccc1Cl)S(=O)(=O)c1ccccc1. The average molecular weight is 708 g/mol. The molecule has 236 valence electrons. The van der Waals surface area contributed by atoms with Crippen molar-refractivity contribution in [3.8, 4) is 0 Å². The van der Waals surface area contributed by atoms with Crippen LogP contribution in [0.1, 0.15) is 25.0 Å². The van der Waals surface area contributed by atoms with E-state index >= 15 is 0 Å². The number of halogens is 4. The van der Waals surface area contributed by atoms with Gasteiger partial charge in [0.15, 0.2) is 0 Å². The van der Waals surface area contributed by atoms with E-state index in [1.807, 2.05) is 44.2 Å². The van der Waals surface area contributed by atoms with E-state index in [2.05, 4.69) is 5.32 Å². The van der Waals surface area contributed by atoms with Gasteiger partial charge in [-0.2, -0.15) is 0 Å². The van der Waals surface area contributed by atoms with Gasteiger partial charge in [0.1, 0.15) is 12.6 Å². The van der Waals surface area contributed by atoms with E-state index in [4.69, 9.17) is 46.4 Å². The van der Waals surface area contributed by atoms with Crippen molar-refractivity contribution in [3.05, 3.63) is 128 Å². The predicted molar refractivity (Wildman–Crippen MR) is 182 cm³/mol. The molecule has 0 fully saturated rings. The monoisotopic (exact) mass is 705 g/mol. The lowest BCUT2D eigenvalue weighted by atomic mass is 10.0. The molecule has 0 aliphatic heterocycles. The first-order valence-electron chi connectivity index (χ1n) is 14.0. The zero-order chi connectivity index (χ0) is 32.7. The summed E-state index contributed by atoms with van der Waals surface area (Å²) in [7, 11) is -4.34. The molecule has 4 aromatic rings. The summed E-state index contributed by atoms with van der Waals surface area (Å²) in [5.74, 6) is -1.12. The fourth-order valence-corrected chi connectivity index (χ4v) is 7.10. The average Bonchev–Trinajstić information content (AvgIpc) is 3.00. The Morgan fingerprint density at radius 2 is 1.38 bits per heavy atom. The summed E-state index contributed by atoms with van der Waals surface area (Å²) in [4.78, 5) is 29.6. The van der Waals surface area contributed by atoms with Crippen LogP contribution in [0.3, 0.4) is 0 Å². The first kappa shape index (κ1) is 34.6. The Balaban J connectivity index is 1.86. The van der Waals surface area contributed by atoms with Gasteiger partial charge in [0, 0.05) is 39.6 Å². The smallest absolute Gasteiger partial charge is 0.264 e. The zero-order valence-corrected chi connectivity index (χ0v) is 28.3. The maximum atomic E-state index is 14.5. The van der Waals surface area contributed by atoms with Crippen molar-refractivity contribution >= 4 is 73.9 Å². The number of hydrogen-bond donors (Lipinski definition) is 1. The van der Waals surface area contributed by atoms with Gasteiger partial charge in [0.05, 0.1) is 15.6 Å². The Morgan fingerprint density at radius 1 is 0.778 bits per heavy atom. The molecule has 0 radical (unpaired) electrons. The van der Waals surface area contributed by atoms with Gasteiger partial charge in [-0.15, -0.1) is 0 Å². The molecule has 45 heavy (non-hydrogen) atoms. The van der Waals surface area contributed by atoms with Crippen LogP contribution in [-0.4, -0.2) is 43.8 Å². The minimum absolute atomic E-state index is 0.00309. The Labute approximate surface area is 283 Å². The lowest BCUT2D eigenvalue weighted by molar-refractivity contribution is -0.140. The van der Waals surface area contributed by atoms with Gasteiger partial charge in [-0.25, -0.2) is 8.42 Å². The Kier molecular flexibility index (Phi) is 11.8. The van der Waals surface area contributed by atoms with Gasteiger partial charge in [-0.3, -0.25) is 13.9 Å². The second kappa shape index (κ2) is 15.3. The third-order valence-electron chi connectivity index (χ3n) is 6.88. The van der Waals surface area contributed by atoms with Crippen LogP contribution >= 0.6 is 46.4 Å². The predicted octanol–water partition coefficient (Wildman–Crippen LogP) is 7.66. The second-order valence-corrected chi connectivity index (χ2v) is 14.0.